The van der Waals surface area contributed by atoms with Gasteiger partial charge in [0.05, 0.1) is 11.7 Å². The van der Waals surface area contributed by atoms with E-state index in [1.807, 2.05) is 0 Å². The first-order valence-electron chi connectivity index (χ1n) is 5.58. The lowest BCUT2D eigenvalue weighted by Crippen LogP contribution is -2.20. The van der Waals surface area contributed by atoms with Gasteiger partial charge in [0.1, 0.15) is 17.2 Å². The fourth-order valence-corrected chi connectivity index (χ4v) is 1.86. The molecule has 0 spiro atoms. The minimum Gasteiger partial charge on any atom is -0.486 e. The SMILES string of the molecule is N/C(COc1ccc(NC(=O)c2cncs2)cc1)=N/O. The number of aromatic nitrogens is 1. The number of carbonyl (C=O) groups excluding carboxylic acids is 1. The van der Waals surface area contributed by atoms with Crippen LogP contribution in [-0.2, 0) is 0 Å². The highest BCUT2D eigenvalue weighted by molar-refractivity contribution is 7.11. The summed E-state index contributed by atoms with van der Waals surface area (Å²) in [5.74, 6) is 0.317. The molecule has 4 N–H and O–H groups in total. The standard InChI is InChI=1S/C12H12N4O3S/c13-11(16-18)6-19-9-3-1-8(2-4-9)15-12(17)10-5-14-7-20-10/h1-5,7,18H,6H2,(H2,13,16)(H,15,17). The number of amides is 1. The Morgan fingerprint density at radius 2 is 2.20 bits per heavy atom. The minimum absolute atomic E-state index is 0.0108. The number of rotatable bonds is 5. The molecule has 20 heavy (non-hydrogen) atoms. The van der Waals surface area contributed by atoms with Gasteiger partial charge in [-0.3, -0.25) is 9.78 Å². The topological polar surface area (TPSA) is 110 Å². The van der Waals surface area contributed by atoms with Crippen LogP contribution in [0.2, 0.25) is 0 Å². The summed E-state index contributed by atoms with van der Waals surface area (Å²) in [5.41, 5.74) is 7.52. The van der Waals surface area contributed by atoms with Crippen LogP contribution in [0.3, 0.4) is 0 Å². The van der Waals surface area contributed by atoms with E-state index < -0.39 is 0 Å². The van der Waals surface area contributed by atoms with Crippen LogP contribution in [0.25, 0.3) is 0 Å². The van der Waals surface area contributed by atoms with Crippen molar-refractivity contribution >= 4 is 28.8 Å². The van der Waals surface area contributed by atoms with E-state index in [-0.39, 0.29) is 18.3 Å². The fraction of sp³-hybridized carbons (Fsp3) is 0.0833. The van der Waals surface area contributed by atoms with Crippen LogP contribution in [0, 0.1) is 0 Å². The van der Waals surface area contributed by atoms with E-state index >= 15 is 0 Å². The number of thiazole rings is 1. The lowest BCUT2D eigenvalue weighted by atomic mass is 10.3. The van der Waals surface area contributed by atoms with Crippen LogP contribution in [0.5, 0.6) is 5.75 Å². The first kappa shape index (κ1) is 13.8. The van der Waals surface area contributed by atoms with Gasteiger partial charge < -0.3 is 21.0 Å². The largest absolute Gasteiger partial charge is 0.486 e. The van der Waals surface area contributed by atoms with E-state index in [2.05, 4.69) is 15.5 Å². The Morgan fingerprint density at radius 1 is 1.45 bits per heavy atom. The predicted octanol–water partition coefficient (Wildman–Crippen LogP) is 1.52. The number of nitrogens with one attached hydrogen (secondary N) is 1. The van der Waals surface area contributed by atoms with Crippen molar-refractivity contribution in [3.63, 3.8) is 0 Å². The number of amidine groups is 1. The highest BCUT2D eigenvalue weighted by Crippen LogP contribution is 2.17. The zero-order valence-electron chi connectivity index (χ0n) is 10.3. The van der Waals surface area contributed by atoms with Crippen LogP contribution < -0.4 is 15.8 Å². The molecule has 0 aliphatic rings. The number of benzene rings is 1. The van der Waals surface area contributed by atoms with Crippen LogP contribution in [-0.4, -0.2) is 28.5 Å². The van der Waals surface area contributed by atoms with Crippen LogP contribution in [0.4, 0.5) is 5.69 Å². The summed E-state index contributed by atoms with van der Waals surface area (Å²) in [5, 5.41) is 13.9. The molecule has 0 fully saturated rings. The van der Waals surface area contributed by atoms with E-state index in [0.29, 0.717) is 16.3 Å². The van der Waals surface area contributed by atoms with Crippen molar-refractivity contribution in [3.05, 3.63) is 40.8 Å². The first-order valence-corrected chi connectivity index (χ1v) is 6.46. The number of oxime groups is 1. The van der Waals surface area contributed by atoms with Crippen molar-refractivity contribution in [3.8, 4) is 5.75 Å². The number of nitrogens with two attached hydrogens (primary N) is 1. The van der Waals surface area contributed by atoms with Gasteiger partial charge in [0.25, 0.3) is 5.91 Å². The van der Waals surface area contributed by atoms with Gasteiger partial charge in [0.15, 0.2) is 5.84 Å². The molecule has 8 heteroatoms. The number of ether oxygens (including phenoxy) is 1. The van der Waals surface area contributed by atoms with Crippen molar-refractivity contribution in [2.75, 3.05) is 11.9 Å². The van der Waals surface area contributed by atoms with Gasteiger partial charge in [0.2, 0.25) is 0 Å². The molecule has 7 nitrogen and oxygen atoms in total. The summed E-state index contributed by atoms with van der Waals surface area (Å²) < 4.78 is 5.25. The molecule has 0 unspecified atom stereocenters. The van der Waals surface area contributed by atoms with Gasteiger partial charge in [-0.25, -0.2) is 0 Å². The molecule has 2 aromatic rings. The molecule has 1 aromatic heterocycles. The Labute approximate surface area is 118 Å². The Morgan fingerprint density at radius 3 is 2.80 bits per heavy atom. The normalized spacial score (nSPS) is 11.1. The lowest BCUT2D eigenvalue weighted by Gasteiger charge is -2.07. The van der Waals surface area contributed by atoms with Gasteiger partial charge in [0, 0.05) is 5.69 Å². The molecule has 1 heterocycles. The Hall–Kier alpha value is -2.61. The summed E-state index contributed by atoms with van der Waals surface area (Å²) >= 11 is 1.27. The van der Waals surface area contributed by atoms with Crippen molar-refractivity contribution < 1.29 is 14.7 Å². The van der Waals surface area contributed by atoms with Crippen molar-refractivity contribution in [2.24, 2.45) is 10.9 Å². The molecule has 0 saturated carbocycles. The van der Waals surface area contributed by atoms with Crippen LogP contribution in [0.15, 0.2) is 41.1 Å². The number of carbonyl (C=O) groups is 1. The van der Waals surface area contributed by atoms with Crippen molar-refractivity contribution in [2.45, 2.75) is 0 Å². The highest BCUT2D eigenvalue weighted by Gasteiger charge is 2.07. The average Bonchev–Trinajstić information content (AvgIpc) is 3.00. The second-order valence-corrected chi connectivity index (χ2v) is 4.61. The van der Waals surface area contributed by atoms with E-state index in [1.165, 1.54) is 17.5 Å². The molecular weight excluding hydrogens is 280 g/mol. The lowest BCUT2D eigenvalue weighted by molar-refractivity contribution is 0.103. The molecule has 0 radical (unpaired) electrons. The molecule has 0 aliphatic carbocycles. The molecular formula is C12H12N4O3S. The number of hydrogen-bond donors (Lipinski definition) is 3. The van der Waals surface area contributed by atoms with E-state index in [1.54, 1.807) is 29.8 Å². The van der Waals surface area contributed by atoms with E-state index in [4.69, 9.17) is 15.7 Å². The van der Waals surface area contributed by atoms with Crippen LogP contribution in [0.1, 0.15) is 9.67 Å². The Bertz CT molecular complexity index is 596. The van der Waals surface area contributed by atoms with E-state index in [0.717, 1.165) is 0 Å². The second kappa shape index (κ2) is 6.53. The molecule has 104 valence electrons. The smallest absolute Gasteiger partial charge is 0.267 e. The highest BCUT2D eigenvalue weighted by atomic mass is 32.1. The number of hydrogen-bond acceptors (Lipinski definition) is 6. The van der Waals surface area contributed by atoms with Gasteiger partial charge >= 0.3 is 0 Å². The zero-order valence-corrected chi connectivity index (χ0v) is 11.1. The van der Waals surface area contributed by atoms with Crippen LogP contribution >= 0.6 is 11.3 Å². The number of anilines is 1. The molecule has 2 rings (SSSR count). The van der Waals surface area contributed by atoms with Gasteiger partial charge in [-0.2, -0.15) is 0 Å². The van der Waals surface area contributed by atoms with Gasteiger partial charge in [-0.15, -0.1) is 11.3 Å². The van der Waals surface area contributed by atoms with E-state index in [9.17, 15) is 4.79 Å². The van der Waals surface area contributed by atoms with Gasteiger partial charge in [-0.05, 0) is 24.3 Å². The summed E-state index contributed by atoms with van der Waals surface area (Å²) in [6.07, 6.45) is 1.51. The average molecular weight is 292 g/mol. The van der Waals surface area contributed by atoms with Crippen molar-refractivity contribution in [1.82, 2.24) is 4.98 Å². The summed E-state index contributed by atoms with van der Waals surface area (Å²) in [4.78, 5) is 16.2. The predicted molar refractivity (Wildman–Crippen MR) is 75.4 cm³/mol. The summed E-state index contributed by atoms with van der Waals surface area (Å²) in [7, 11) is 0. The Kier molecular flexibility index (Phi) is 4.51. The quantitative estimate of drug-likeness (QED) is 0.335. The first-order chi connectivity index (χ1) is 9.69. The van der Waals surface area contributed by atoms with Crippen molar-refractivity contribution in [1.29, 1.82) is 0 Å². The third kappa shape index (κ3) is 3.69. The fourth-order valence-electron chi connectivity index (χ4n) is 1.34. The maximum Gasteiger partial charge on any atom is 0.267 e. The third-order valence-corrected chi connectivity index (χ3v) is 3.06. The number of nitrogens with zero attached hydrogens (tertiary/aromatic N) is 2. The molecule has 0 aliphatic heterocycles. The third-order valence-electron chi connectivity index (χ3n) is 2.28. The molecule has 1 amide bonds. The second-order valence-electron chi connectivity index (χ2n) is 3.72. The monoisotopic (exact) mass is 292 g/mol. The Balaban J connectivity index is 1.93. The maximum atomic E-state index is 11.8. The zero-order chi connectivity index (χ0) is 14.4. The minimum atomic E-state index is -0.210. The van der Waals surface area contributed by atoms with Gasteiger partial charge in [-0.1, -0.05) is 5.16 Å². The molecule has 0 atom stereocenters. The summed E-state index contributed by atoms with van der Waals surface area (Å²) in [6.45, 7) is -0.0108. The summed E-state index contributed by atoms with van der Waals surface area (Å²) in [6, 6.07) is 6.74. The molecule has 1 aromatic carbocycles. The maximum absolute atomic E-state index is 11.8. The molecule has 0 bridgehead atoms. The molecule has 0 saturated heterocycles.